The number of rotatable bonds is 5. The molecule has 0 unspecified atom stereocenters. The van der Waals surface area contributed by atoms with Crippen molar-refractivity contribution in [2.45, 2.75) is 31.7 Å². The molecule has 0 saturated carbocycles. The molecule has 6 rings (SSSR count). The van der Waals surface area contributed by atoms with Crippen LogP contribution in [0.25, 0.3) is 38.7 Å². The smallest absolute Gasteiger partial charge is 0.331 e. The molecule has 1 aliphatic rings. The Hall–Kier alpha value is -4.82. The Labute approximate surface area is 242 Å². The third-order valence-electron chi connectivity index (χ3n) is 7.93. The van der Waals surface area contributed by atoms with Gasteiger partial charge in [-0.3, -0.25) is 4.79 Å². The SMILES string of the molecule is COc1ccc(/C=C/C(=O)O[C@@H]2[C@H](O)c3c(cc(OC)c4c(=O)c5cc6ccccc6cc5n(C)c34)OC2(C)C)cc1. The van der Waals surface area contributed by atoms with Gasteiger partial charge in [-0.1, -0.05) is 36.4 Å². The van der Waals surface area contributed by atoms with Crippen LogP contribution in [0.1, 0.15) is 31.1 Å². The molecule has 5 aromatic rings. The maximum absolute atomic E-state index is 14.0. The molecule has 1 N–H and O–H groups in total. The standard InChI is InChI=1S/C34H31NO7/c1-34(2)33(41-27(36)15-12-19-10-13-22(39-4)14-11-19)32(38)29-26(42-34)18-25(40-5)28-30(29)35(3)24-17-21-9-7-6-8-20(21)16-23(24)31(28)37/h6-18,32-33,38H,1-5H3/b15-12+/t32-,33-/m1/s1. The molecule has 0 saturated heterocycles. The second kappa shape index (κ2) is 10.2. The van der Waals surface area contributed by atoms with Crippen molar-refractivity contribution in [2.24, 2.45) is 7.05 Å². The third kappa shape index (κ3) is 4.44. The van der Waals surface area contributed by atoms with Gasteiger partial charge >= 0.3 is 5.97 Å². The molecule has 0 amide bonds. The molecule has 214 valence electrons. The van der Waals surface area contributed by atoms with Crippen LogP contribution in [0.3, 0.4) is 0 Å². The first-order valence-corrected chi connectivity index (χ1v) is 13.6. The average Bonchev–Trinajstić information content (AvgIpc) is 2.99. The van der Waals surface area contributed by atoms with Crippen LogP contribution in [0.2, 0.25) is 0 Å². The highest BCUT2D eigenvalue weighted by atomic mass is 16.6. The van der Waals surface area contributed by atoms with Crippen LogP contribution in [0.4, 0.5) is 0 Å². The normalized spacial score (nSPS) is 17.8. The first kappa shape index (κ1) is 27.4. The molecule has 2 heterocycles. The zero-order valence-corrected chi connectivity index (χ0v) is 24.0. The minimum atomic E-state index is -1.29. The number of aryl methyl sites for hydroxylation is 1. The number of benzene rings is 4. The molecule has 0 spiro atoms. The van der Waals surface area contributed by atoms with Crippen LogP contribution >= 0.6 is 0 Å². The van der Waals surface area contributed by atoms with Gasteiger partial charge < -0.3 is 28.6 Å². The van der Waals surface area contributed by atoms with Crippen molar-refractivity contribution in [1.29, 1.82) is 0 Å². The van der Waals surface area contributed by atoms with Crippen molar-refractivity contribution in [3.8, 4) is 17.2 Å². The van der Waals surface area contributed by atoms with E-state index in [9.17, 15) is 14.7 Å². The summed E-state index contributed by atoms with van der Waals surface area (Å²) in [6.07, 6.45) is 0.566. The molecule has 4 aromatic carbocycles. The number of hydrogen-bond acceptors (Lipinski definition) is 7. The molecule has 1 aliphatic heterocycles. The van der Waals surface area contributed by atoms with Crippen LogP contribution < -0.4 is 19.6 Å². The highest BCUT2D eigenvalue weighted by Gasteiger charge is 2.47. The van der Waals surface area contributed by atoms with Gasteiger partial charge in [-0.25, -0.2) is 4.79 Å². The zero-order chi connectivity index (χ0) is 29.8. The van der Waals surface area contributed by atoms with Gasteiger partial charge in [0.25, 0.3) is 0 Å². The fourth-order valence-corrected chi connectivity index (χ4v) is 5.80. The highest BCUT2D eigenvalue weighted by Crippen LogP contribution is 2.47. The quantitative estimate of drug-likeness (QED) is 0.166. The summed E-state index contributed by atoms with van der Waals surface area (Å²) < 4.78 is 24.9. The van der Waals surface area contributed by atoms with E-state index >= 15 is 0 Å². The number of esters is 1. The third-order valence-corrected chi connectivity index (χ3v) is 7.93. The lowest BCUT2D eigenvalue weighted by Crippen LogP contribution is -2.51. The van der Waals surface area contributed by atoms with E-state index in [4.69, 9.17) is 18.9 Å². The Kier molecular flexibility index (Phi) is 6.66. The van der Waals surface area contributed by atoms with Crippen molar-refractivity contribution < 1.29 is 28.8 Å². The number of carbonyl (C=O) groups excluding carboxylic acids is 1. The lowest BCUT2D eigenvalue weighted by molar-refractivity contribution is -0.171. The van der Waals surface area contributed by atoms with E-state index < -0.39 is 23.8 Å². The maximum Gasteiger partial charge on any atom is 0.331 e. The summed E-state index contributed by atoms with van der Waals surface area (Å²) >= 11 is 0. The van der Waals surface area contributed by atoms with E-state index in [1.54, 1.807) is 45.2 Å². The lowest BCUT2D eigenvalue weighted by atomic mass is 9.86. The van der Waals surface area contributed by atoms with Gasteiger partial charge in [0.1, 0.15) is 29.0 Å². The maximum atomic E-state index is 14.0. The van der Waals surface area contributed by atoms with Crippen LogP contribution in [0.15, 0.2) is 77.6 Å². The van der Waals surface area contributed by atoms with Crippen molar-refractivity contribution >= 4 is 44.6 Å². The van der Waals surface area contributed by atoms with Gasteiger partial charge in [0.05, 0.1) is 36.2 Å². The van der Waals surface area contributed by atoms with E-state index in [0.717, 1.165) is 16.3 Å². The molecule has 8 nitrogen and oxygen atoms in total. The van der Waals surface area contributed by atoms with Gasteiger partial charge in [-0.2, -0.15) is 0 Å². The molecule has 8 heteroatoms. The molecule has 2 atom stereocenters. The predicted molar refractivity (Wildman–Crippen MR) is 162 cm³/mol. The first-order valence-electron chi connectivity index (χ1n) is 13.6. The number of aliphatic hydroxyl groups excluding tert-OH is 1. The number of methoxy groups -OCH3 is 2. The monoisotopic (exact) mass is 565 g/mol. The summed E-state index contributed by atoms with van der Waals surface area (Å²) in [5.41, 5.74) is 0.962. The number of carbonyl (C=O) groups is 1. The van der Waals surface area contributed by atoms with Crippen LogP contribution in [-0.4, -0.2) is 41.6 Å². The van der Waals surface area contributed by atoms with Gasteiger partial charge in [0, 0.05) is 24.6 Å². The van der Waals surface area contributed by atoms with Gasteiger partial charge in [0.15, 0.2) is 6.10 Å². The van der Waals surface area contributed by atoms with Gasteiger partial charge in [-0.15, -0.1) is 0 Å². The fraction of sp³-hybridized carbons (Fsp3) is 0.235. The van der Waals surface area contributed by atoms with Crippen molar-refractivity contribution in [3.05, 3.63) is 94.2 Å². The van der Waals surface area contributed by atoms with Crippen LogP contribution in [0, 0.1) is 0 Å². The molecular formula is C34H31NO7. The van der Waals surface area contributed by atoms with E-state index in [0.29, 0.717) is 44.6 Å². The zero-order valence-electron chi connectivity index (χ0n) is 24.0. The Bertz CT molecular complexity index is 1950. The number of nitrogens with zero attached hydrogens (tertiary/aromatic N) is 1. The number of aliphatic hydroxyl groups is 1. The summed E-state index contributed by atoms with van der Waals surface area (Å²) in [6.45, 7) is 3.49. The number of aromatic nitrogens is 1. The largest absolute Gasteiger partial charge is 0.497 e. The summed E-state index contributed by atoms with van der Waals surface area (Å²) in [5, 5.41) is 14.6. The van der Waals surface area contributed by atoms with E-state index in [-0.39, 0.29) is 5.43 Å². The van der Waals surface area contributed by atoms with Gasteiger partial charge in [0.2, 0.25) is 5.43 Å². The molecule has 0 bridgehead atoms. The molecule has 1 aromatic heterocycles. The fourth-order valence-electron chi connectivity index (χ4n) is 5.80. The second-order valence-electron chi connectivity index (χ2n) is 10.9. The predicted octanol–water partition coefficient (Wildman–Crippen LogP) is 5.69. The number of ether oxygens (including phenoxy) is 4. The van der Waals surface area contributed by atoms with E-state index in [1.165, 1.54) is 13.2 Å². The molecule has 0 radical (unpaired) electrons. The number of hydrogen-bond donors (Lipinski definition) is 1. The van der Waals surface area contributed by atoms with Crippen molar-refractivity contribution in [3.63, 3.8) is 0 Å². The molecular weight excluding hydrogens is 534 g/mol. The molecule has 0 aliphatic carbocycles. The summed E-state index contributed by atoms with van der Waals surface area (Å²) in [4.78, 5) is 26.9. The van der Waals surface area contributed by atoms with Crippen molar-refractivity contribution in [1.82, 2.24) is 4.57 Å². The lowest BCUT2D eigenvalue weighted by Gasteiger charge is -2.42. The minimum Gasteiger partial charge on any atom is -0.497 e. The summed E-state index contributed by atoms with van der Waals surface area (Å²) in [5.74, 6) is 0.754. The van der Waals surface area contributed by atoms with Crippen molar-refractivity contribution in [2.75, 3.05) is 14.2 Å². The average molecular weight is 566 g/mol. The van der Waals surface area contributed by atoms with Crippen LogP contribution in [-0.2, 0) is 16.6 Å². The first-order chi connectivity index (χ1) is 20.1. The Morgan fingerprint density at radius 3 is 2.36 bits per heavy atom. The van der Waals surface area contributed by atoms with Gasteiger partial charge in [-0.05, 0) is 60.5 Å². The number of fused-ring (bicyclic) bond motifs is 5. The Morgan fingerprint density at radius 2 is 1.69 bits per heavy atom. The van der Waals surface area contributed by atoms with E-state index in [2.05, 4.69) is 0 Å². The topological polar surface area (TPSA) is 96.2 Å². The number of pyridine rings is 1. The van der Waals surface area contributed by atoms with Crippen LogP contribution in [0.5, 0.6) is 17.2 Å². The van der Waals surface area contributed by atoms with E-state index in [1.807, 2.05) is 60.1 Å². The second-order valence-corrected chi connectivity index (χ2v) is 10.9. The Balaban J connectivity index is 1.47. The summed E-state index contributed by atoms with van der Waals surface area (Å²) in [6, 6.07) is 20.5. The highest BCUT2D eigenvalue weighted by molar-refractivity contribution is 6.04. The summed E-state index contributed by atoms with van der Waals surface area (Å²) in [7, 11) is 4.92. The molecule has 42 heavy (non-hydrogen) atoms. The molecule has 0 fully saturated rings. The Morgan fingerprint density at radius 1 is 1.00 bits per heavy atom. The minimum absolute atomic E-state index is 0.225.